The first kappa shape index (κ1) is 62.0. The maximum absolute atomic E-state index is 12.8. The van der Waals surface area contributed by atoms with Gasteiger partial charge in [0.15, 0.2) is 6.10 Å². The third kappa shape index (κ3) is 51.9. The first-order valence-electron chi connectivity index (χ1n) is 26.1. The van der Waals surface area contributed by atoms with Gasteiger partial charge in [0, 0.05) is 19.3 Å². The van der Waals surface area contributed by atoms with Gasteiger partial charge >= 0.3 is 17.9 Å². The highest BCUT2D eigenvalue weighted by atomic mass is 16.6. The highest BCUT2D eigenvalue weighted by Gasteiger charge is 2.19. The van der Waals surface area contributed by atoms with Crippen molar-refractivity contribution in [3.63, 3.8) is 0 Å². The minimum Gasteiger partial charge on any atom is -0.462 e. The second kappa shape index (κ2) is 53.6. The molecule has 0 amide bonds. The van der Waals surface area contributed by atoms with E-state index in [0.717, 1.165) is 148 Å². The standard InChI is InChI=1S/C61H92O6/c1-4-7-10-13-16-19-22-25-28-29-30-31-34-36-39-42-45-48-51-54-60(63)66-57-58(67-61(64)55-52-49-46-43-40-37-33-27-24-21-18-15-12-9-6-3)56-65-59(62)53-50-47-44-41-38-35-32-26-23-20-17-14-11-8-5-2/h7-12,14-21,23-28,30-33,36,39,58H,4-6,13,22,29,34-35,37-38,40-57H2,1-3H3/b10-7-,11-8-,12-9-,17-14-,18-15-,19-16-,23-20-,24-21-,28-25-,31-30-,32-26-,33-27-,39-36-. The Kier molecular flexibility index (Phi) is 49.7. The van der Waals surface area contributed by atoms with Crippen molar-refractivity contribution in [2.45, 2.75) is 194 Å². The molecule has 0 saturated carbocycles. The van der Waals surface area contributed by atoms with Crippen molar-refractivity contribution in [2.75, 3.05) is 13.2 Å². The molecule has 0 saturated heterocycles. The highest BCUT2D eigenvalue weighted by Crippen LogP contribution is 2.12. The molecule has 0 aliphatic carbocycles. The number of unbranched alkanes of at least 4 members (excludes halogenated alkanes) is 13. The van der Waals surface area contributed by atoms with Gasteiger partial charge in [-0.2, -0.15) is 0 Å². The smallest absolute Gasteiger partial charge is 0.306 e. The lowest BCUT2D eigenvalue weighted by Gasteiger charge is -2.18. The van der Waals surface area contributed by atoms with Gasteiger partial charge in [0.25, 0.3) is 0 Å². The predicted molar refractivity (Wildman–Crippen MR) is 288 cm³/mol. The number of allylic oxidation sites excluding steroid dienone is 26. The summed E-state index contributed by atoms with van der Waals surface area (Å²) >= 11 is 0. The number of carbonyl (C=O) groups excluding carboxylic acids is 3. The maximum Gasteiger partial charge on any atom is 0.306 e. The predicted octanol–water partition coefficient (Wildman–Crippen LogP) is 17.4. The molecule has 372 valence electrons. The largest absolute Gasteiger partial charge is 0.462 e. The quantitative estimate of drug-likeness (QED) is 0.0199. The third-order valence-electron chi connectivity index (χ3n) is 10.2. The fraction of sp³-hybridized carbons (Fsp3) is 0.525. The van der Waals surface area contributed by atoms with Gasteiger partial charge in [-0.25, -0.2) is 0 Å². The normalized spacial score (nSPS) is 13.4. The van der Waals surface area contributed by atoms with Crippen LogP contribution in [0.5, 0.6) is 0 Å². The Morgan fingerprint density at radius 2 is 0.612 bits per heavy atom. The molecule has 67 heavy (non-hydrogen) atoms. The van der Waals surface area contributed by atoms with Crippen molar-refractivity contribution in [1.82, 2.24) is 0 Å². The number of hydrogen-bond donors (Lipinski definition) is 0. The van der Waals surface area contributed by atoms with E-state index >= 15 is 0 Å². The zero-order chi connectivity index (χ0) is 48.6. The average Bonchev–Trinajstić information content (AvgIpc) is 3.33. The maximum atomic E-state index is 12.8. The Morgan fingerprint density at radius 1 is 0.313 bits per heavy atom. The molecule has 0 aromatic heterocycles. The van der Waals surface area contributed by atoms with Crippen molar-refractivity contribution in [2.24, 2.45) is 0 Å². The van der Waals surface area contributed by atoms with Crippen LogP contribution in [0.25, 0.3) is 0 Å². The minimum absolute atomic E-state index is 0.119. The molecular weight excluding hydrogens is 829 g/mol. The van der Waals surface area contributed by atoms with Crippen LogP contribution < -0.4 is 0 Å². The Balaban J connectivity index is 4.57. The Morgan fingerprint density at radius 3 is 1.03 bits per heavy atom. The van der Waals surface area contributed by atoms with Crippen molar-refractivity contribution >= 4 is 17.9 Å². The molecule has 0 heterocycles. The van der Waals surface area contributed by atoms with E-state index in [9.17, 15) is 14.4 Å². The molecule has 0 aromatic carbocycles. The van der Waals surface area contributed by atoms with Gasteiger partial charge in [-0.1, -0.05) is 224 Å². The van der Waals surface area contributed by atoms with Gasteiger partial charge in [-0.15, -0.1) is 0 Å². The summed E-state index contributed by atoms with van der Waals surface area (Å²) in [6.45, 7) is 6.15. The van der Waals surface area contributed by atoms with Crippen molar-refractivity contribution in [3.05, 3.63) is 158 Å². The average molecular weight is 921 g/mol. The van der Waals surface area contributed by atoms with Gasteiger partial charge in [-0.3, -0.25) is 14.4 Å². The lowest BCUT2D eigenvalue weighted by atomic mass is 10.1. The van der Waals surface area contributed by atoms with Gasteiger partial charge in [-0.05, 0) is 103 Å². The van der Waals surface area contributed by atoms with Crippen molar-refractivity contribution < 1.29 is 28.6 Å². The van der Waals surface area contributed by atoms with Crippen LogP contribution in [-0.2, 0) is 28.6 Å². The summed E-state index contributed by atoms with van der Waals surface area (Å²) in [5, 5.41) is 0. The molecule has 0 spiro atoms. The van der Waals surface area contributed by atoms with Crippen LogP contribution in [-0.4, -0.2) is 37.2 Å². The Labute approximate surface area is 409 Å². The van der Waals surface area contributed by atoms with E-state index < -0.39 is 6.10 Å². The van der Waals surface area contributed by atoms with Crippen LogP contribution in [0.3, 0.4) is 0 Å². The molecule has 0 fully saturated rings. The lowest BCUT2D eigenvalue weighted by molar-refractivity contribution is -0.167. The van der Waals surface area contributed by atoms with Crippen LogP contribution in [0.15, 0.2) is 158 Å². The van der Waals surface area contributed by atoms with Gasteiger partial charge < -0.3 is 14.2 Å². The first-order valence-corrected chi connectivity index (χ1v) is 26.1. The molecule has 6 heteroatoms. The summed E-state index contributed by atoms with van der Waals surface area (Å²) in [6, 6.07) is 0. The van der Waals surface area contributed by atoms with E-state index in [1.165, 1.54) is 0 Å². The SMILES string of the molecule is CC\C=C/C=C\C=C/C=C\CCCCCCCC(=O)OCC(COC(=O)CCCCC/C=C\C/C=C\C/C=C\C/C=C\C/C=C\CC)OC(=O)CCCCCCC\C=C/C=C\C=C/C=C\CC. The highest BCUT2D eigenvalue weighted by molar-refractivity contribution is 5.71. The van der Waals surface area contributed by atoms with Crippen molar-refractivity contribution in [1.29, 1.82) is 0 Å². The van der Waals surface area contributed by atoms with Crippen LogP contribution in [0.4, 0.5) is 0 Å². The molecule has 0 N–H and O–H groups in total. The Bertz CT molecular complexity index is 1570. The van der Waals surface area contributed by atoms with Crippen molar-refractivity contribution in [3.8, 4) is 0 Å². The fourth-order valence-corrected chi connectivity index (χ4v) is 6.37. The molecule has 0 aliphatic rings. The summed E-state index contributed by atoms with van der Waals surface area (Å²) in [5.41, 5.74) is 0. The number of hydrogen-bond acceptors (Lipinski definition) is 6. The van der Waals surface area contributed by atoms with E-state index in [4.69, 9.17) is 14.2 Å². The number of carbonyl (C=O) groups is 3. The van der Waals surface area contributed by atoms with Gasteiger partial charge in [0.05, 0.1) is 0 Å². The summed E-state index contributed by atoms with van der Waals surface area (Å²) in [7, 11) is 0. The van der Waals surface area contributed by atoms with Crippen LogP contribution in [0, 0.1) is 0 Å². The van der Waals surface area contributed by atoms with E-state index in [-0.39, 0.29) is 37.5 Å². The molecular formula is C61H92O6. The summed E-state index contributed by atoms with van der Waals surface area (Å²) in [6.07, 6.45) is 77.9. The molecule has 0 aromatic rings. The van der Waals surface area contributed by atoms with Gasteiger partial charge in [0.2, 0.25) is 0 Å². The third-order valence-corrected chi connectivity index (χ3v) is 10.2. The monoisotopic (exact) mass is 921 g/mol. The molecule has 0 aliphatic heterocycles. The zero-order valence-electron chi connectivity index (χ0n) is 42.3. The molecule has 0 radical (unpaired) electrons. The van der Waals surface area contributed by atoms with Crippen LogP contribution in [0.1, 0.15) is 188 Å². The first-order chi connectivity index (χ1) is 33.0. The lowest BCUT2D eigenvalue weighted by Crippen LogP contribution is -2.30. The molecule has 0 bridgehead atoms. The Hall–Kier alpha value is -4.97. The van der Waals surface area contributed by atoms with Crippen LogP contribution in [0.2, 0.25) is 0 Å². The zero-order valence-corrected chi connectivity index (χ0v) is 42.3. The van der Waals surface area contributed by atoms with E-state index in [1.54, 1.807) is 0 Å². The molecule has 1 unspecified atom stereocenters. The van der Waals surface area contributed by atoms with Gasteiger partial charge in [0.1, 0.15) is 13.2 Å². The van der Waals surface area contributed by atoms with E-state index in [2.05, 4.69) is 130 Å². The number of ether oxygens (including phenoxy) is 3. The van der Waals surface area contributed by atoms with Crippen LogP contribution >= 0.6 is 0 Å². The molecule has 0 rings (SSSR count). The summed E-state index contributed by atoms with van der Waals surface area (Å²) < 4.78 is 16.7. The topological polar surface area (TPSA) is 78.9 Å². The van der Waals surface area contributed by atoms with E-state index in [1.807, 2.05) is 48.6 Å². The summed E-state index contributed by atoms with van der Waals surface area (Å²) in [4.78, 5) is 38.0. The molecule has 1 atom stereocenters. The molecule has 6 nitrogen and oxygen atoms in total. The number of rotatable bonds is 44. The number of esters is 3. The second-order valence-electron chi connectivity index (χ2n) is 16.5. The minimum atomic E-state index is -0.823. The second-order valence-corrected chi connectivity index (χ2v) is 16.5. The fourth-order valence-electron chi connectivity index (χ4n) is 6.37. The summed E-state index contributed by atoms with van der Waals surface area (Å²) in [5.74, 6) is -1.01. The van der Waals surface area contributed by atoms with E-state index in [0.29, 0.717) is 12.8 Å².